The first kappa shape index (κ1) is 15.1. The van der Waals surface area contributed by atoms with Crippen molar-refractivity contribution in [1.82, 2.24) is 4.98 Å². The van der Waals surface area contributed by atoms with Gasteiger partial charge in [0.05, 0.1) is 16.9 Å². The van der Waals surface area contributed by atoms with Crippen LogP contribution in [0.2, 0.25) is 0 Å². The number of halogens is 2. The molecule has 0 amide bonds. The molecule has 0 spiro atoms. The number of nitrogens with zero attached hydrogens (tertiary/aromatic N) is 1. The first-order valence-corrected chi connectivity index (χ1v) is 6.49. The molecule has 1 aromatic heterocycles. The average Bonchev–Trinajstić information content (AvgIpc) is 2.56. The highest BCUT2D eigenvalue weighted by Crippen LogP contribution is 2.37. The average molecular weight is 281 g/mol. The van der Waals surface area contributed by atoms with Gasteiger partial charge in [-0.15, -0.1) is 0 Å². The molecule has 1 aliphatic rings. The Balaban J connectivity index is 2.10. The molecule has 1 aliphatic heterocycles. The predicted molar refractivity (Wildman–Crippen MR) is 74.3 cm³/mol. The van der Waals surface area contributed by atoms with E-state index in [1.165, 1.54) is 18.3 Å². The summed E-state index contributed by atoms with van der Waals surface area (Å²) < 4.78 is 36.7. The van der Waals surface area contributed by atoms with Crippen LogP contribution in [0.1, 0.15) is 45.4 Å². The molecule has 20 heavy (non-hydrogen) atoms. The summed E-state index contributed by atoms with van der Waals surface area (Å²) in [5.74, 6) is 1.69. The first-order valence-electron chi connectivity index (χ1n) is 6.49. The van der Waals surface area contributed by atoms with Gasteiger partial charge in [-0.1, -0.05) is 5.98 Å². The molecule has 2 heterocycles. The Bertz CT molecular complexity index is 502. The second kappa shape index (κ2) is 5.26. The monoisotopic (exact) mass is 281 g/mol. The molecule has 1 fully saturated rings. The van der Waals surface area contributed by atoms with Crippen LogP contribution in [0, 0.1) is 0 Å². The van der Waals surface area contributed by atoms with Crippen LogP contribution >= 0.6 is 0 Å². The van der Waals surface area contributed by atoms with Crippen molar-refractivity contribution in [2.24, 2.45) is 0 Å². The zero-order valence-corrected chi connectivity index (χ0v) is 12.1. The fraction of sp³-hybridized carbons (Fsp3) is 0.500. The van der Waals surface area contributed by atoms with E-state index < -0.39 is 24.7 Å². The van der Waals surface area contributed by atoms with Gasteiger partial charge >= 0.3 is 7.12 Å². The zero-order valence-electron chi connectivity index (χ0n) is 12.1. The lowest BCUT2D eigenvalue weighted by Crippen LogP contribution is -2.41. The lowest BCUT2D eigenvalue weighted by Gasteiger charge is -2.32. The van der Waals surface area contributed by atoms with Gasteiger partial charge in [-0.3, -0.25) is 4.98 Å². The summed E-state index contributed by atoms with van der Waals surface area (Å²) in [6, 6.07) is 2.66. The minimum absolute atomic E-state index is 0.0476. The van der Waals surface area contributed by atoms with Crippen LogP contribution in [-0.4, -0.2) is 23.3 Å². The highest BCUT2D eigenvalue weighted by molar-refractivity contribution is 6.52. The summed E-state index contributed by atoms with van der Waals surface area (Å²) in [6.07, 6.45) is 0.501. The third-order valence-electron chi connectivity index (χ3n) is 3.75. The van der Waals surface area contributed by atoms with Crippen molar-refractivity contribution in [2.45, 2.75) is 45.3 Å². The van der Waals surface area contributed by atoms with Gasteiger partial charge in [-0.25, -0.2) is 8.78 Å². The molecule has 1 saturated heterocycles. The maximum atomic E-state index is 12.6. The molecule has 3 nitrogen and oxygen atoms in total. The summed E-state index contributed by atoms with van der Waals surface area (Å²) in [5, 5.41) is 0. The number of pyridine rings is 1. The molecule has 0 radical (unpaired) electrons. The lowest BCUT2D eigenvalue weighted by molar-refractivity contribution is 0.00578. The molecule has 0 unspecified atom stereocenters. The highest BCUT2D eigenvalue weighted by Gasteiger charge is 2.49. The molecule has 0 aromatic carbocycles. The molecule has 0 bridgehead atoms. The summed E-state index contributed by atoms with van der Waals surface area (Å²) >= 11 is 0. The van der Waals surface area contributed by atoms with E-state index in [1.54, 1.807) is 12.1 Å². The molecule has 6 heteroatoms. The molecule has 0 saturated carbocycles. The predicted octanol–water partition coefficient (Wildman–Crippen LogP) is 3.66. The van der Waals surface area contributed by atoms with Crippen LogP contribution in [0.3, 0.4) is 0 Å². The van der Waals surface area contributed by atoms with Gasteiger partial charge in [0.2, 0.25) is 0 Å². The Morgan fingerprint density at radius 3 is 2.35 bits per heavy atom. The second-order valence-electron chi connectivity index (χ2n) is 5.80. The molecular weight excluding hydrogens is 263 g/mol. The van der Waals surface area contributed by atoms with E-state index in [9.17, 15) is 8.78 Å². The Hall–Kier alpha value is -1.27. The molecule has 0 aliphatic carbocycles. The number of hydrogen-bond acceptors (Lipinski definition) is 3. The van der Waals surface area contributed by atoms with E-state index in [0.717, 1.165) is 0 Å². The third kappa shape index (κ3) is 3.07. The Kier molecular flexibility index (Phi) is 3.98. The fourth-order valence-corrected chi connectivity index (χ4v) is 1.84. The Morgan fingerprint density at radius 2 is 1.80 bits per heavy atom. The quantitative estimate of drug-likeness (QED) is 0.792. The van der Waals surface area contributed by atoms with Gasteiger partial charge in [0.1, 0.15) is 0 Å². The standard InChI is InChI=1S/C14H18BF2NO2/c1-13(2)14(3,4)20-15(19-13)7-5-11-9-10(12(16)17)6-8-18-11/h5-9,12H,1-4H3/b7-5+. The largest absolute Gasteiger partial charge is 0.487 e. The molecule has 0 atom stereocenters. The molecular formula is C14H18BF2NO2. The summed E-state index contributed by atoms with van der Waals surface area (Å²) in [4.78, 5) is 4.02. The van der Waals surface area contributed by atoms with Crippen molar-refractivity contribution >= 4 is 13.2 Å². The Morgan fingerprint density at radius 1 is 1.20 bits per heavy atom. The van der Waals surface area contributed by atoms with E-state index in [-0.39, 0.29) is 5.56 Å². The highest BCUT2D eigenvalue weighted by atomic mass is 19.3. The van der Waals surface area contributed by atoms with Gasteiger partial charge in [-0.2, -0.15) is 0 Å². The topological polar surface area (TPSA) is 31.4 Å². The van der Waals surface area contributed by atoms with Gasteiger partial charge in [0.25, 0.3) is 6.43 Å². The minimum atomic E-state index is -2.50. The molecule has 0 N–H and O–H groups in total. The molecule has 2 rings (SSSR count). The number of hydrogen-bond donors (Lipinski definition) is 0. The van der Waals surface area contributed by atoms with Gasteiger partial charge in [0.15, 0.2) is 0 Å². The normalized spacial score (nSPS) is 21.1. The fourth-order valence-electron chi connectivity index (χ4n) is 1.84. The number of aromatic nitrogens is 1. The third-order valence-corrected chi connectivity index (χ3v) is 3.75. The van der Waals surface area contributed by atoms with Crippen molar-refractivity contribution in [3.63, 3.8) is 0 Å². The van der Waals surface area contributed by atoms with E-state index in [4.69, 9.17) is 9.31 Å². The van der Waals surface area contributed by atoms with Gasteiger partial charge < -0.3 is 9.31 Å². The van der Waals surface area contributed by atoms with Crippen LogP contribution in [-0.2, 0) is 9.31 Å². The van der Waals surface area contributed by atoms with Crippen molar-refractivity contribution in [3.05, 3.63) is 35.6 Å². The van der Waals surface area contributed by atoms with Gasteiger partial charge in [0, 0.05) is 11.8 Å². The van der Waals surface area contributed by atoms with Crippen LogP contribution in [0.4, 0.5) is 8.78 Å². The summed E-state index contributed by atoms with van der Waals surface area (Å²) in [6.45, 7) is 7.82. The van der Waals surface area contributed by atoms with Crippen molar-refractivity contribution in [2.75, 3.05) is 0 Å². The van der Waals surface area contributed by atoms with E-state index in [2.05, 4.69) is 4.98 Å². The van der Waals surface area contributed by atoms with Crippen molar-refractivity contribution in [3.8, 4) is 0 Å². The van der Waals surface area contributed by atoms with Crippen LogP contribution in [0.15, 0.2) is 24.3 Å². The van der Waals surface area contributed by atoms with Crippen LogP contribution in [0.25, 0.3) is 6.08 Å². The number of rotatable bonds is 3. The number of alkyl halides is 2. The van der Waals surface area contributed by atoms with Crippen molar-refractivity contribution in [1.29, 1.82) is 0 Å². The van der Waals surface area contributed by atoms with E-state index >= 15 is 0 Å². The minimum Gasteiger partial charge on any atom is -0.400 e. The molecule has 108 valence electrons. The SMILES string of the molecule is CC1(C)OB(/C=C/c2cc(C(F)F)ccn2)OC1(C)C. The van der Waals surface area contributed by atoms with Gasteiger partial charge in [-0.05, 0) is 45.9 Å². The maximum Gasteiger partial charge on any atom is 0.487 e. The summed E-state index contributed by atoms with van der Waals surface area (Å²) in [5.41, 5.74) is -0.424. The van der Waals surface area contributed by atoms with E-state index in [0.29, 0.717) is 5.69 Å². The van der Waals surface area contributed by atoms with Crippen LogP contribution < -0.4 is 0 Å². The first-order chi connectivity index (χ1) is 9.21. The van der Waals surface area contributed by atoms with Crippen molar-refractivity contribution < 1.29 is 18.1 Å². The summed E-state index contributed by atoms with van der Waals surface area (Å²) in [7, 11) is -0.503. The lowest BCUT2D eigenvalue weighted by atomic mass is 9.89. The Labute approximate surface area is 118 Å². The maximum absolute atomic E-state index is 12.6. The second-order valence-corrected chi connectivity index (χ2v) is 5.80. The zero-order chi connectivity index (χ0) is 15.0. The smallest absolute Gasteiger partial charge is 0.400 e. The van der Waals surface area contributed by atoms with E-state index in [1.807, 2.05) is 27.7 Å². The van der Waals surface area contributed by atoms with Crippen LogP contribution in [0.5, 0.6) is 0 Å². The molecule has 1 aromatic rings.